The summed E-state index contributed by atoms with van der Waals surface area (Å²) in [7, 11) is -3.94. The van der Waals surface area contributed by atoms with Crippen LogP contribution in [0.4, 0.5) is 10.1 Å². The first-order chi connectivity index (χ1) is 15.8. The number of nitrogens with one attached hydrogen (secondary N) is 1. The average Bonchev–Trinajstić information content (AvgIpc) is 2.76. The third-order valence-corrected chi connectivity index (χ3v) is 7.16. The van der Waals surface area contributed by atoms with Crippen molar-refractivity contribution in [1.82, 2.24) is 10.2 Å². The molecule has 11 heteroatoms. The van der Waals surface area contributed by atoms with Gasteiger partial charge in [-0.3, -0.25) is 13.9 Å². The van der Waals surface area contributed by atoms with Crippen LogP contribution in [0.25, 0.3) is 0 Å². The molecule has 0 saturated carbocycles. The highest BCUT2D eigenvalue weighted by Crippen LogP contribution is 2.24. The zero-order valence-corrected chi connectivity index (χ0v) is 21.7. The number of carbonyl (C=O) groups excluding carboxylic acids is 2. The highest BCUT2D eigenvalue weighted by molar-refractivity contribution is 7.92. The van der Waals surface area contributed by atoms with E-state index in [2.05, 4.69) is 5.32 Å². The Balaban J connectivity index is 2.41. The average molecular weight is 532 g/mol. The van der Waals surface area contributed by atoms with E-state index in [1.54, 1.807) is 25.1 Å². The molecule has 7 nitrogen and oxygen atoms in total. The molecule has 2 rings (SSSR count). The van der Waals surface area contributed by atoms with Crippen molar-refractivity contribution in [3.05, 3.63) is 63.9 Å². The normalized spacial score (nSPS) is 13.1. The maximum atomic E-state index is 13.8. The third-order valence-electron chi connectivity index (χ3n) is 5.28. The summed E-state index contributed by atoms with van der Waals surface area (Å²) < 4.78 is 39.5. The van der Waals surface area contributed by atoms with Gasteiger partial charge in [0.25, 0.3) is 0 Å². The number of anilines is 1. The summed E-state index contributed by atoms with van der Waals surface area (Å²) in [5.74, 6) is -1.68. The number of rotatable bonds is 10. The number of carbonyl (C=O) groups is 2. The topological polar surface area (TPSA) is 86.8 Å². The second-order valence-corrected chi connectivity index (χ2v) is 10.7. The van der Waals surface area contributed by atoms with Crippen LogP contribution in [0, 0.1) is 5.82 Å². The highest BCUT2D eigenvalue weighted by Gasteiger charge is 2.30. The van der Waals surface area contributed by atoms with Crippen molar-refractivity contribution in [2.24, 2.45) is 0 Å². The number of nitrogens with zero attached hydrogens (tertiary/aromatic N) is 2. The van der Waals surface area contributed by atoms with E-state index in [1.807, 2.05) is 13.8 Å². The molecular weight excluding hydrogens is 504 g/mol. The van der Waals surface area contributed by atoms with E-state index in [0.717, 1.165) is 16.6 Å². The van der Waals surface area contributed by atoms with Gasteiger partial charge in [-0.05, 0) is 56.2 Å². The summed E-state index contributed by atoms with van der Waals surface area (Å²) in [4.78, 5) is 27.5. The molecule has 34 heavy (non-hydrogen) atoms. The molecule has 0 spiro atoms. The first-order valence-corrected chi connectivity index (χ1v) is 13.2. The van der Waals surface area contributed by atoms with Gasteiger partial charge in [0.1, 0.15) is 18.4 Å². The predicted molar refractivity (Wildman–Crippen MR) is 133 cm³/mol. The Bertz CT molecular complexity index is 1150. The number of hydrogen-bond acceptors (Lipinski definition) is 4. The molecule has 0 aliphatic heterocycles. The van der Waals surface area contributed by atoms with E-state index in [4.69, 9.17) is 23.2 Å². The molecule has 0 bridgehead atoms. The fourth-order valence-corrected chi connectivity index (χ4v) is 4.29. The van der Waals surface area contributed by atoms with Crippen LogP contribution < -0.4 is 9.62 Å². The van der Waals surface area contributed by atoms with Crippen LogP contribution in [0.3, 0.4) is 0 Å². The van der Waals surface area contributed by atoms with Gasteiger partial charge in [0.2, 0.25) is 21.8 Å². The van der Waals surface area contributed by atoms with Crippen LogP contribution in [-0.4, -0.2) is 50.0 Å². The molecule has 186 valence electrons. The molecule has 2 aromatic rings. The van der Waals surface area contributed by atoms with Crippen LogP contribution in [0.15, 0.2) is 42.5 Å². The van der Waals surface area contributed by atoms with Gasteiger partial charge >= 0.3 is 0 Å². The number of sulfonamides is 1. The van der Waals surface area contributed by atoms with Crippen LogP contribution in [-0.2, 0) is 26.2 Å². The van der Waals surface area contributed by atoms with Gasteiger partial charge in [0.15, 0.2) is 0 Å². The number of amides is 2. The van der Waals surface area contributed by atoms with E-state index in [0.29, 0.717) is 17.0 Å². The van der Waals surface area contributed by atoms with E-state index < -0.39 is 34.3 Å². The molecule has 2 atom stereocenters. The van der Waals surface area contributed by atoms with Crippen molar-refractivity contribution < 1.29 is 22.4 Å². The summed E-state index contributed by atoms with van der Waals surface area (Å²) in [6, 6.07) is 8.70. The monoisotopic (exact) mass is 531 g/mol. The minimum absolute atomic E-state index is 0.00190. The van der Waals surface area contributed by atoms with Crippen molar-refractivity contribution in [2.45, 2.75) is 45.8 Å². The van der Waals surface area contributed by atoms with Crippen LogP contribution >= 0.6 is 23.2 Å². The quantitative estimate of drug-likeness (QED) is 0.496. The maximum Gasteiger partial charge on any atom is 0.244 e. The van der Waals surface area contributed by atoms with Gasteiger partial charge in [0.05, 0.1) is 22.0 Å². The fourth-order valence-electron chi connectivity index (χ4n) is 3.13. The van der Waals surface area contributed by atoms with Crippen molar-refractivity contribution >= 4 is 50.7 Å². The lowest BCUT2D eigenvalue weighted by Crippen LogP contribution is -2.52. The molecule has 0 saturated heterocycles. The summed E-state index contributed by atoms with van der Waals surface area (Å²) in [6.45, 7) is 4.67. The lowest BCUT2D eigenvalue weighted by molar-refractivity contribution is -0.139. The third kappa shape index (κ3) is 7.58. The number of benzene rings is 2. The van der Waals surface area contributed by atoms with E-state index in [9.17, 15) is 22.4 Å². The van der Waals surface area contributed by atoms with E-state index in [-0.39, 0.29) is 29.2 Å². The molecule has 0 unspecified atom stereocenters. The minimum atomic E-state index is -3.94. The van der Waals surface area contributed by atoms with E-state index in [1.165, 1.54) is 23.1 Å². The molecule has 0 aliphatic rings. The second-order valence-electron chi connectivity index (χ2n) is 8.01. The Morgan fingerprint density at radius 1 is 1.09 bits per heavy atom. The van der Waals surface area contributed by atoms with Gasteiger partial charge in [0, 0.05) is 12.6 Å². The molecular formula is C23H28Cl2FN3O4S. The van der Waals surface area contributed by atoms with Crippen LogP contribution in [0.1, 0.15) is 32.8 Å². The zero-order chi connectivity index (χ0) is 25.6. The van der Waals surface area contributed by atoms with Gasteiger partial charge in [-0.25, -0.2) is 12.8 Å². The Kier molecular flexibility index (Phi) is 9.73. The van der Waals surface area contributed by atoms with Gasteiger partial charge in [-0.1, -0.05) is 42.3 Å². The molecule has 0 aliphatic carbocycles. The Morgan fingerprint density at radius 3 is 2.32 bits per heavy atom. The summed E-state index contributed by atoms with van der Waals surface area (Å²) in [6.07, 6.45) is 1.62. The van der Waals surface area contributed by atoms with Gasteiger partial charge < -0.3 is 10.2 Å². The molecule has 0 fully saturated rings. The lowest BCUT2D eigenvalue weighted by atomic mass is 10.1. The van der Waals surface area contributed by atoms with Gasteiger partial charge in [-0.2, -0.15) is 0 Å². The first-order valence-electron chi connectivity index (χ1n) is 10.6. The molecule has 0 radical (unpaired) electrons. The number of halogens is 3. The standard InChI is InChI=1S/C23H28Cl2FN3O4S/c1-5-15(2)27-23(31)16(3)28(13-17-9-10-20(24)21(25)11-17)22(30)14-29(34(4,32)33)19-8-6-7-18(26)12-19/h6-12,15-16H,5,13-14H2,1-4H3,(H,27,31)/t15-,16-/m1/s1. The zero-order valence-electron chi connectivity index (χ0n) is 19.4. The smallest absolute Gasteiger partial charge is 0.244 e. The molecule has 0 heterocycles. The minimum Gasteiger partial charge on any atom is -0.352 e. The fraction of sp³-hybridized carbons (Fsp3) is 0.391. The van der Waals surface area contributed by atoms with Crippen molar-refractivity contribution in [3.8, 4) is 0 Å². The van der Waals surface area contributed by atoms with Crippen LogP contribution in [0.2, 0.25) is 10.0 Å². The molecule has 2 amide bonds. The van der Waals surface area contributed by atoms with Crippen molar-refractivity contribution in [1.29, 1.82) is 0 Å². The second kappa shape index (κ2) is 11.9. The Labute approximate surface area is 209 Å². The highest BCUT2D eigenvalue weighted by atomic mass is 35.5. The summed E-state index contributed by atoms with van der Waals surface area (Å²) in [5.41, 5.74) is 0.602. The predicted octanol–water partition coefficient (Wildman–Crippen LogP) is 4.23. The molecule has 2 aromatic carbocycles. The van der Waals surface area contributed by atoms with Gasteiger partial charge in [-0.15, -0.1) is 0 Å². The van der Waals surface area contributed by atoms with Crippen molar-refractivity contribution in [2.75, 3.05) is 17.1 Å². The van der Waals surface area contributed by atoms with Crippen LogP contribution in [0.5, 0.6) is 0 Å². The largest absolute Gasteiger partial charge is 0.352 e. The van der Waals surface area contributed by atoms with E-state index >= 15 is 0 Å². The first kappa shape index (κ1) is 27.9. The summed E-state index contributed by atoms with van der Waals surface area (Å²) in [5, 5.41) is 3.44. The molecule has 0 aromatic heterocycles. The lowest BCUT2D eigenvalue weighted by Gasteiger charge is -2.32. The SMILES string of the molecule is CC[C@@H](C)NC(=O)[C@@H](C)N(Cc1ccc(Cl)c(Cl)c1)C(=O)CN(c1cccc(F)c1)S(C)(=O)=O. The van der Waals surface area contributed by atoms with Crippen molar-refractivity contribution in [3.63, 3.8) is 0 Å². The molecule has 1 N–H and O–H groups in total. The Morgan fingerprint density at radius 2 is 1.76 bits per heavy atom. The Hall–Kier alpha value is -2.36. The summed E-state index contributed by atoms with van der Waals surface area (Å²) >= 11 is 12.1. The maximum absolute atomic E-state index is 13.8. The number of hydrogen-bond donors (Lipinski definition) is 1.